The molecule has 0 saturated heterocycles. The topological polar surface area (TPSA) is 81.5 Å². The molecule has 0 aromatic carbocycles. The number of nitrogens with two attached hydrogens (primary N) is 2. The van der Waals surface area contributed by atoms with Crippen molar-refractivity contribution in [2.75, 3.05) is 6.26 Å². The molecule has 86 valence electrons. The Kier molecular flexibility index (Phi) is 4.57. The molecule has 4 N–H and O–H groups in total. The Hall–Kier alpha value is -1.27. The Morgan fingerprint density at radius 1 is 1.50 bits per heavy atom. The van der Waals surface area contributed by atoms with Gasteiger partial charge in [0.2, 0.25) is 0 Å². The van der Waals surface area contributed by atoms with Gasteiger partial charge in [-0.2, -0.15) is 4.99 Å². The van der Waals surface area contributed by atoms with Gasteiger partial charge in [-0.25, -0.2) is 0 Å². The average molecular weight is 255 g/mol. The number of carbonyl (C=O) groups is 1. The highest BCUT2D eigenvalue weighted by Crippen LogP contribution is 2.26. The second-order valence-corrected chi connectivity index (χ2v) is 5.25. The molecule has 0 aliphatic carbocycles. The number of thiophene rings is 1. The first-order valence-corrected chi connectivity index (χ1v) is 6.53. The summed E-state index contributed by atoms with van der Waals surface area (Å²) in [6.07, 6.45) is 3.79. The standard InChI is InChI=1S/C10H13N3OS2/c1-6(9(14)13-10(11)12)5-7-3-4-8(15-2)16-7/h3-5H,1-2H3,(H4,11,12,13,14)/b6-5+. The van der Waals surface area contributed by atoms with E-state index in [0.717, 1.165) is 4.88 Å². The molecule has 0 unspecified atom stereocenters. The van der Waals surface area contributed by atoms with Crippen LogP contribution in [0.15, 0.2) is 26.9 Å². The molecule has 1 heterocycles. The number of aliphatic imine (C=N–C) groups is 1. The van der Waals surface area contributed by atoms with Crippen molar-refractivity contribution in [1.82, 2.24) is 0 Å². The molecule has 0 aliphatic rings. The van der Waals surface area contributed by atoms with E-state index in [4.69, 9.17) is 11.5 Å². The minimum Gasteiger partial charge on any atom is -0.370 e. The number of hydrogen-bond acceptors (Lipinski definition) is 3. The zero-order valence-electron chi connectivity index (χ0n) is 9.06. The van der Waals surface area contributed by atoms with Crippen LogP contribution in [0.25, 0.3) is 6.08 Å². The van der Waals surface area contributed by atoms with Gasteiger partial charge in [-0.1, -0.05) is 0 Å². The van der Waals surface area contributed by atoms with E-state index < -0.39 is 5.91 Å². The van der Waals surface area contributed by atoms with Gasteiger partial charge in [0, 0.05) is 10.5 Å². The molecule has 0 saturated carbocycles. The van der Waals surface area contributed by atoms with Crippen molar-refractivity contribution in [3.05, 3.63) is 22.6 Å². The minimum absolute atomic E-state index is 0.214. The Morgan fingerprint density at radius 3 is 2.69 bits per heavy atom. The molecular formula is C10H13N3OS2. The molecule has 6 heteroatoms. The van der Waals surface area contributed by atoms with Gasteiger partial charge in [0.15, 0.2) is 5.96 Å². The lowest BCUT2D eigenvalue weighted by atomic mass is 10.2. The molecule has 16 heavy (non-hydrogen) atoms. The van der Waals surface area contributed by atoms with E-state index in [1.54, 1.807) is 36.1 Å². The summed E-state index contributed by atoms with van der Waals surface area (Å²) >= 11 is 3.29. The largest absolute Gasteiger partial charge is 0.370 e. The van der Waals surface area contributed by atoms with E-state index in [0.29, 0.717) is 5.57 Å². The van der Waals surface area contributed by atoms with Crippen LogP contribution in [0.3, 0.4) is 0 Å². The number of amides is 1. The first-order valence-electron chi connectivity index (χ1n) is 4.49. The van der Waals surface area contributed by atoms with Crippen LogP contribution in [0.4, 0.5) is 0 Å². The van der Waals surface area contributed by atoms with Crippen molar-refractivity contribution in [2.24, 2.45) is 16.5 Å². The predicted molar refractivity (Wildman–Crippen MR) is 70.6 cm³/mol. The fraction of sp³-hybridized carbons (Fsp3) is 0.200. The number of thioether (sulfide) groups is 1. The monoisotopic (exact) mass is 255 g/mol. The van der Waals surface area contributed by atoms with Crippen LogP contribution < -0.4 is 11.5 Å². The third kappa shape index (κ3) is 3.71. The summed E-state index contributed by atoms with van der Waals surface area (Å²) in [5, 5.41) is 0. The summed E-state index contributed by atoms with van der Waals surface area (Å²) in [6.45, 7) is 1.69. The molecule has 0 atom stereocenters. The SMILES string of the molecule is CSc1ccc(/C=C(\C)C(=O)N=C(N)N)s1. The molecule has 1 amide bonds. The maximum absolute atomic E-state index is 11.4. The molecule has 0 aliphatic heterocycles. The first-order chi connectivity index (χ1) is 7.52. The van der Waals surface area contributed by atoms with Crippen LogP contribution in [-0.4, -0.2) is 18.1 Å². The summed E-state index contributed by atoms with van der Waals surface area (Å²) in [7, 11) is 0. The fourth-order valence-corrected chi connectivity index (χ4v) is 2.57. The molecule has 1 aromatic rings. The first kappa shape index (κ1) is 12.8. The second kappa shape index (κ2) is 5.72. The van der Waals surface area contributed by atoms with Gasteiger partial charge in [0.1, 0.15) is 0 Å². The van der Waals surface area contributed by atoms with Crippen LogP contribution >= 0.6 is 23.1 Å². The van der Waals surface area contributed by atoms with E-state index in [1.165, 1.54) is 4.21 Å². The maximum atomic E-state index is 11.4. The van der Waals surface area contributed by atoms with Gasteiger partial charge in [0.25, 0.3) is 5.91 Å². The van der Waals surface area contributed by atoms with Crippen molar-refractivity contribution in [3.63, 3.8) is 0 Å². The molecular weight excluding hydrogens is 242 g/mol. The summed E-state index contributed by atoms with van der Waals surface area (Å²) in [6, 6.07) is 3.97. The van der Waals surface area contributed by atoms with Crippen LogP contribution in [0, 0.1) is 0 Å². The zero-order valence-corrected chi connectivity index (χ0v) is 10.7. The van der Waals surface area contributed by atoms with Crippen molar-refractivity contribution in [1.29, 1.82) is 0 Å². The molecule has 4 nitrogen and oxygen atoms in total. The summed E-state index contributed by atoms with van der Waals surface area (Å²) in [4.78, 5) is 15.9. The summed E-state index contributed by atoms with van der Waals surface area (Å²) in [5.74, 6) is -0.618. The Bertz CT molecular complexity index is 445. The lowest BCUT2D eigenvalue weighted by molar-refractivity contribution is -0.114. The second-order valence-electron chi connectivity index (χ2n) is 3.03. The van der Waals surface area contributed by atoms with Gasteiger partial charge < -0.3 is 11.5 Å². The lowest BCUT2D eigenvalue weighted by Crippen LogP contribution is -2.24. The average Bonchev–Trinajstić information content (AvgIpc) is 2.64. The molecule has 0 fully saturated rings. The van der Waals surface area contributed by atoms with E-state index in [-0.39, 0.29) is 5.96 Å². The van der Waals surface area contributed by atoms with E-state index in [2.05, 4.69) is 4.99 Å². The van der Waals surface area contributed by atoms with Crippen LogP contribution in [-0.2, 0) is 4.79 Å². The maximum Gasteiger partial charge on any atom is 0.275 e. The predicted octanol–water partition coefficient (Wildman–Crippen LogP) is 1.67. The molecule has 0 spiro atoms. The molecule has 0 radical (unpaired) electrons. The Labute approximate surface area is 102 Å². The highest BCUT2D eigenvalue weighted by Gasteiger charge is 2.04. The smallest absolute Gasteiger partial charge is 0.275 e. The van der Waals surface area contributed by atoms with Gasteiger partial charge in [0.05, 0.1) is 4.21 Å². The number of guanidine groups is 1. The van der Waals surface area contributed by atoms with Crippen molar-refractivity contribution in [3.8, 4) is 0 Å². The van der Waals surface area contributed by atoms with Crippen LogP contribution in [0.1, 0.15) is 11.8 Å². The van der Waals surface area contributed by atoms with Gasteiger partial charge >= 0.3 is 0 Å². The Morgan fingerprint density at radius 2 is 2.19 bits per heavy atom. The van der Waals surface area contributed by atoms with Crippen LogP contribution in [0.2, 0.25) is 0 Å². The fourth-order valence-electron chi connectivity index (χ4n) is 1.00. The van der Waals surface area contributed by atoms with Gasteiger partial charge in [-0.05, 0) is 31.4 Å². The van der Waals surface area contributed by atoms with Crippen molar-refractivity contribution < 1.29 is 4.79 Å². The third-order valence-corrected chi connectivity index (χ3v) is 3.85. The van der Waals surface area contributed by atoms with Gasteiger partial charge in [-0.15, -0.1) is 23.1 Å². The number of rotatable bonds is 3. The van der Waals surface area contributed by atoms with Crippen LogP contribution in [0.5, 0.6) is 0 Å². The molecule has 1 rings (SSSR count). The quantitative estimate of drug-likeness (QED) is 0.372. The van der Waals surface area contributed by atoms with E-state index >= 15 is 0 Å². The van der Waals surface area contributed by atoms with Crippen molar-refractivity contribution in [2.45, 2.75) is 11.1 Å². The summed E-state index contributed by atoms with van der Waals surface area (Å²) in [5.41, 5.74) is 10.8. The Balaban J connectivity index is 2.84. The number of carbonyl (C=O) groups excluding carboxylic acids is 1. The lowest BCUT2D eigenvalue weighted by Gasteiger charge is -1.94. The van der Waals surface area contributed by atoms with Crippen molar-refractivity contribution >= 4 is 41.0 Å². The summed E-state index contributed by atoms with van der Waals surface area (Å²) < 4.78 is 1.20. The molecule has 1 aromatic heterocycles. The van der Waals surface area contributed by atoms with Gasteiger partial charge in [-0.3, -0.25) is 4.79 Å². The molecule has 0 bridgehead atoms. The highest BCUT2D eigenvalue weighted by atomic mass is 32.2. The highest BCUT2D eigenvalue weighted by molar-refractivity contribution is 8.00. The van der Waals surface area contributed by atoms with E-state index in [1.807, 2.05) is 18.4 Å². The zero-order chi connectivity index (χ0) is 12.1. The van der Waals surface area contributed by atoms with E-state index in [9.17, 15) is 4.79 Å². The normalized spacial score (nSPS) is 11.2. The number of nitrogens with zero attached hydrogens (tertiary/aromatic N) is 1. The number of hydrogen-bond donors (Lipinski definition) is 2. The minimum atomic E-state index is -0.404. The third-order valence-electron chi connectivity index (χ3n) is 1.73.